The fourth-order valence-corrected chi connectivity index (χ4v) is 2.25. The summed E-state index contributed by atoms with van der Waals surface area (Å²) in [5.41, 5.74) is 7.19. The minimum Gasteiger partial charge on any atom is -0.398 e. The Hall–Kier alpha value is -1.18. The lowest BCUT2D eigenvalue weighted by Crippen LogP contribution is -2.30. The highest BCUT2D eigenvalue weighted by molar-refractivity contribution is 8.00. The van der Waals surface area contributed by atoms with Crippen LogP contribution in [0.1, 0.15) is 5.56 Å². The number of nitrogens with zero attached hydrogens (tertiary/aromatic N) is 1. The first-order chi connectivity index (χ1) is 6.79. The number of hydrogen-bond acceptors (Lipinski definition) is 4. The lowest BCUT2D eigenvalue weighted by atomic mass is 10.2. The summed E-state index contributed by atoms with van der Waals surface area (Å²) in [4.78, 5) is 0.984. The predicted molar refractivity (Wildman–Crippen MR) is 56.0 cm³/mol. The van der Waals surface area contributed by atoms with E-state index in [1.54, 1.807) is 23.9 Å². The van der Waals surface area contributed by atoms with Gasteiger partial charge in [0.25, 0.3) is 0 Å². The number of rotatable bonds is 2. The summed E-state index contributed by atoms with van der Waals surface area (Å²) in [6, 6.07) is 7.45. The zero-order chi connectivity index (χ0) is 9.97. The lowest BCUT2D eigenvalue weighted by Gasteiger charge is -2.25. The number of nitriles is 1. The van der Waals surface area contributed by atoms with E-state index >= 15 is 0 Å². The standard InChI is InChI=1S/C10H10N2OS/c11-4-7-1-2-9(12)10(3-7)14-8-5-13-6-8/h1-3,8H,5-6,12H2. The van der Waals surface area contributed by atoms with Gasteiger partial charge in [-0.15, -0.1) is 11.8 Å². The maximum atomic E-state index is 8.73. The van der Waals surface area contributed by atoms with Gasteiger partial charge in [0.15, 0.2) is 0 Å². The normalized spacial score (nSPS) is 15.9. The summed E-state index contributed by atoms with van der Waals surface area (Å²) in [6.07, 6.45) is 0. The van der Waals surface area contributed by atoms with E-state index in [0.29, 0.717) is 10.8 Å². The molecule has 0 radical (unpaired) electrons. The van der Waals surface area contributed by atoms with Crippen LogP contribution in [0.3, 0.4) is 0 Å². The van der Waals surface area contributed by atoms with Crippen LogP contribution < -0.4 is 5.73 Å². The third-order valence-electron chi connectivity index (χ3n) is 2.04. The van der Waals surface area contributed by atoms with Crippen molar-refractivity contribution in [1.82, 2.24) is 0 Å². The van der Waals surface area contributed by atoms with Crippen LogP contribution in [0.15, 0.2) is 23.1 Å². The van der Waals surface area contributed by atoms with Gasteiger partial charge in [0.05, 0.1) is 30.1 Å². The molecule has 1 heterocycles. The molecule has 1 aromatic carbocycles. The molecule has 0 unspecified atom stereocenters. The van der Waals surface area contributed by atoms with E-state index in [2.05, 4.69) is 6.07 Å². The van der Waals surface area contributed by atoms with Crippen LogP contribution in [0, 0.1) is 11.3 Å². The van der Waals surface area contributed by atoms with Crippen molar-refractivity contribution in [1.29, 1.82) is 5.26 Å². The van der Waals surface area contributed by atoms with Crippen LogP contribution in [-0.2, 0) is 4.74 Å². The van der Waals surface area contributed by atoms with Crippen LogP contribution in [0.5, 0.6) is 0 Å². The number of benzene rings is 1. The molecule has 3 nitrogen and oxygen atoms in total. The number of thioether (sulfide) groups is 1. The Morgan fingerprint density at radius 2 is 2.29 bits per heavy atom. The molecule has 0 spiro atoms. The molecule has 4 heteroatoms. The third-order valence-corrected chi connectivity index (χ3v) is 3.26. The summed E-state index contributed by atoms with van der Waals surface area (Å²) in [7, 11) is 0. The van der Waals surface area contributed by atoms with Gasteiger partial charge in [0.1, 0.15) is 0 Å². The number of hydrogen-bond donors (Lipinski definition) is 1. The summed E-state index contributed by atoms with van der Waals surface area (Å²) >= 11 is 1.69. The van der Waals surface area contributed by atoms with E-state index < -0.39 is 0 Å². The molecule has 0 bridgehead atoms. The molecule has 14 heavy (non-hydrogen) atoms. The molecule has 0 amide bonds. The van der Waals surface area contributed by atoms with E-state index in [1.165, 1.54) is 0 Å². The van der Waals surface area contributed by atoms with Crippen molar-refractivity contribution in [3.63, 3.8) is 0 Å². The highest BCUT2D eigenvalue weighted by atomic mass is 32.2. The Morgan fingerprint density at radius 1 is 1.50 bits per heavy atom. The molecule has 0 aliphatic carbocycles. The molecule has 0 aromatic heterocycles. The molecule has 1 aromatic rings. The molecule has 1 fully saturated rings. The van der Waals surface area contributed by atoms with E-state index in [9.17, 15) is 0 Å². The van der Waals surface area contributed by atoms with Crippen molar-refractivity contribution in [2.24, 2.45) is 0 Å². The molecule has 72 valence electrons. The molecule has 0 atom stereocenters. The van der Waals surface area contributed by atoms with Gasteiger partial charge in [-0.05, 0) is 18.2 Å². The summed E-state index contributed by atoms with van der Waals surface area (Å²) in [6.45, 7) is 1.56. The van der Waals surface area contributed by atoms with Crippen molar-refractivity contribution in [3.8, 4) is 6.07 Å². The van der Waals surface area contributed by atoms with E-state index in [1.807, 2.05) is 6.07 Å². The third kappa shape index (κ3) is 1.84. The Kier molecular flexibility index (Phi) is 2.62. The fourth-order valence-electron chi connectivity index (χ4n) is 1.17. The van der Waals surface area contributed by atoms with Crippen LogP contribution in [0.4, 0.5) is 5.69 Å². The molecule has 0 saturated carbocycles. The minimum absolute atomic E-state index is 0.492. The lowest BCUT2D eigenvalue weighted by molar-refractivity contribution is 0.0455. The number of nitrogen functional groups attached to an aromatic ring is 1. The second kappa shape index (κ2) is 3.91. The molecule has 1 aliphatic heterocycles. The Bertz CT molecular complexity index is 382. The maximum absolute atomic E-state index is 8.73. The van der Waals surface area contributed by atoms with Gasteiger partial charge < -0.3 is 10.5 Å². The van der Waals surface area contributed by atoms with E-state index in [0.717, 1.165) is 23.8 Å². The average molecular weight is 206 g/mol. The largest absolute Gasteiger partial charge is 0.398 e. The van der Waals surface area contributed by atoms with Crippen LogP contribution >= 0.6 is 11.8 Å². The molecular weight excluding hydrogens is 196 g/mol. The molecular formula is C10H10N2OS. The average Bonchev–Trinajstić information content (AvgIpc) is 2.14. The summed E-state index contributed by atoms with van der Waals surface area (Å²) in [5.74, 6) is 0. The summed E-state index contributed by atoms with van der Waals surface area (Å²) < 4.78 is 5.08. The predicted octanol–water partition coefficient (Wildman–Crippen LogP) is 1.63. The van der Waals surface area contributed by atoms with Crippen molar-refractivity contribution < 1.29 is 4.74 Å². The topological polar surface area (TPSA) is 59.0 Å². The maximum Gasteiger partial charge on any atom is 0.0992 e. The van der Waals surface area contributed by atoms with Crippen LogP contribution in [0.25, 0.3) is 0 Å². The molecule has 2 N–H and O–H groups in total. The monoisotopic (exact) mass is 206 g/mol. The van der Waals surface area contributed by atoms with Gasteiger partial charge in [-0.1, -0.05) is 0 Å². The van der Waals surface area contributed by atoms with Gasteiger partial charge in [-0.2, -0.15) is 5.26 Å². The highest BCUT2D eigenvalue weighted by Gasteiger charge is 2.20. The Labute approximate surface area is 86.9 Å². The zero-order valence-corrected chi connectivity index (χ0v) is 8.38. The number of ether oxygens (including phenoxy) is 1. The van der Waals surface area contributed by atoms with Crippen LogP contribution in [-0.4, -0.2) is 18.5 Å². The zero-order valence-electron chi connectivity index (χ0n) is 7.56. The van der Waals surface area contributed by atoms with E-state index in [-0.39, 0.29) is 0 Å². The second-order valence-corrected chi connectivity index (χ2v) is 4.48. The van der Waals surface area contributed by atoms with Crippen molar-refractivity contribution in [2.45, 2.75) is 10.1 Å². The van der Waals surface area contributed by atoms with Gasteiger partial charge >= 0.3 is 0 Å². The highest BCUT2D eigenvalue weighted by Crippen LogP contribution is 2.32. The van der Waals surface area contributed by atoms with Gasteiger partial charge in [0, 0.05) is 10.6 Å². The first-order valence-corrected chi connectivity index (χ1v) is 5.21. The SMILES string of the molecule is N#Cc1ccc(N)c(SC2COC2)c1. The second-order valence-electron chi connectivity index (χ2n) is 3.14. The first kappa shape index (κ1) is 9.38. The fraction of sp³-hybridized carbons (Fsp3) is 0.300. The Balaban J connectivity index is 2.18. The molecule has 2 rings (SSSR count). The minimum atomic E-state index is 0.492. The van der Waals surface area contributed by atoms with Crippen molar-refractivity contribution in [2.75, 3.05) is 18.9 Å². The van der Waals surface area contributed by atoms with Crippen molar-refractivity contribution >= 4 is 17.4 Å². The number of anilines is 1. The molecule has 1 aliphatic rings. The smallest absolute Gasteiger partial charge is 0.0992 e. The van der Waals surface area contributed by atoms with Crippen molar-refractivity contribution in [3.05, 3.63) is 23.8 Å². The Morgan fingerprint density at radius 3 is 2.86 bits per heavy atom. The number of nitrogens with two attached hydrogens (primary N) is 1. The van der Waals surface area contributed by atoms with Gasteiger partial charge in [-0.3, -0.25) is 0 Å². The molecule has 1 saturated heterocycles. The van der Waals surface area contributed by atoms with Gasteiger partial charge in [-0.25, -0.2) is 0 Å². The quantitative estimate of drug-likeness (QED) is 0.747. The van der Waals surface area contributed by atoms with E-state index in [4.69, 9.17) is 15.7 Å². The van der Waals surface area contributed by atoms with Gasteiger partial charge in [0.2, 0.25) is 0 Å². The first-order valence-electron chi connectivity index (χ1n) is 4.33. The summed E-state index contributed by atoms with van der Waals surface area (Å²) in [5, 5.41) is 9.23. The van der Waals surface area contributed by atoms with Crippen LogP contribution in [0.2, 0.25) is 0 Å².